The molecule has 2 nitrogen and oxygen atoms in total. The predicted octanol–water partition coefficient (Wildman–Crippen LogP) is 3.91. The molecule has 0 saturated carbocycles. The van der Waals surface area contributed by atoms with Crippen LogP contribution in [0, 0.1) is 0 Å². The van der Waals surface area contributed by atoms with Crippen molar-refractivity contribution in [2.24, 2.45) is 4.99 Å². The summed E-state index contributed by atoms with van der Waals surface area (Å²) < 4.78 is 0. The van der Waals surface area contributed by atoms with Crippen molar-refractivity contribution in [3.8, 4) is 0 Å². The van der Waals surface area contributed by atoms with Gasteiger partial charge in [-0.05, 0) is 39.6 Å². The average molecular weight is 216 g/mol. The fourth-order valence-corrected chi connectivity index (χ4v) is 0.508. The van der Waals surface area contributed by atoms with Crippen LogP contribution in [0.5, 0.6) is 0 Å². The first-order valence-corrected chi connectivity index (χ1v) is 6.33. The van der Waals surface area contributed by atoms with Crippen molar-refractivity contribution >= 4 is 6.21 Å². The SMILES string of the molecule is CC=NCCC.CCCC.CCCNC. The molecule has 0 saturated heterocycles. The summed E-state index contributed by atoms with van der Waals surface area (Å²) in [6.07, 6.45) is 6.87. The van der Waals surface area contributed by atoms with E-state index in [2.05, 4.69) is 38.0 Å². The molecule has 15 heavy (non-hydrogen) atoms. The Kier molecular flexibility index (Phi) is 39.1. The number of aliphatic imine (C=N–C) groups is 1. The Balaban J connectivity index is -0.000000147. The molecule has 0 aliphatic carbocycles. The van der Waals surface area contributed by atoms with Gasteiger partial charge in [-0.3, -0.25) is 4.99 Å². The van der Waals surface area contributed by atoms with Crippen molar-refractivity contribution in [1.29, 1.82) is 0 Å². The number of unbranched alkanes of at least 4 members (excludes halogenated alkanes) is 1. The zero-order valence-corrected chi connectivity index (χ0v) is 11.8. The summed E-state index contributed by atoms with van der Waals surface area (Å²) in [5.41, 5.74) is 0. The minimum Gasteiger partial charge on any atom is -0.320 e. The lowest BCUT2D eigenvalue weighted by Crippen LogP contribution is -2.04. The van der Waals surface area contributed by atoms with Gasteiger partial charge in [0, 0.05) is 6.54 Å². The summed E-state index contributed by atoms with van der Waals surface area (Å²) in [4.78, 5) is 3.97. The van der Waals surface area contributed by atoms with Crippen molar-refractivity contribution in [2.45, 2.75) is 60.3 Å². The van der Waals surface area contributed by atoms with E-state index in [9.17, 15) is 0 Å². The number of hydrogen-bond acceptors (Lipinski definition) is 2. The third-order valence-electron chi connectivity index (χ3n) is 1.54. The van der Waals surface area contributed by atoms with Crippen molar-refractivity contribution in [3.63, 3.8) is 0 Å². The quantitative estimate of drug-likeness (QED) is 0.692. The topological polar surface area (TPSA) is 24.4 Å². The molecule has 2 heteroatoms. The number of rotatable bonds is 5. The van der Waals surface area contributed by atoms with Crippen LogP contribution in [0.3, 0.4) is 0 Å². The predicted molar refractivity (Wildman–Crippen MR) is 74.1 cm³/mol. The summed E-state index contributed by atoms with van der Waals surface area (Å²) in [7, 11) is 1.96. The van der Waals surface area contributed by atoms with Crippen molar-refractivity contribution in [3.05, 3.63) is 0 Å². The van der Waals surface area contributed by atoms with Gasteiger partial charge in [0.25, 0.3) is 0 Å². The van der Waals surface area contributed by atoms with Crippen LogP contribution in [0.25, 0.3) is 0 Å². The summed E-state index contributed by atoms with van der Waals surface area (Å²) in [6, 6.07) is 0. The van der Waals surface area contributed by atoms with Crippen LogP contribution in [0.2, 0.25) is 0 Å². The minimum atomic E-state index is 0.983. The molecule has 0 aliphatic rings. The summed E-state index contributed by atoms with van der Waals surface area (Å²) >= 11 is 0. The van der Waals surface area contributed by atoms with E-state index in [1.165, 1.54) is 19.3 Å². The van der Waals surface area contributed by atoms with E-state index < -0.39 is 0 Å². The van der Waals surface area contributed by atoms with E-state index in [0.717, 1.165) is 19.5 Å². The van der Waals surface area contributed by atoms with Gasteiger partial charge >= 0.3 is 0 Å². The molecule has 0 amide bonds. The van der Waals surface area contributed by atoms with E-state index in [1.54, 1.807) is 0 Å². The van der Waals surface area contributed by atoms with Crippen LogP contribution in [0.15, 0.2) is 4.99 Å². The second kappa shape index (κ2) is 29.2. The van der Waals surface area contributed by atoms with Gasteiger partial charge in [0.1, 0.15) is 0 Å². The van der Waals surface area contributed by atoms with Crippen LogP contribution in [0.4, 0.5) is 0 Å². The molecular weight excluding hydrogens is 184 g/mol. The zero-order chi connectivity index (χ0) is 12.4. The lowest BCUT2D eigenvalue weighted by atomic mass is 10.4. The molecule has 0 radical (unpaired) electrons. The smallest absolute Gasteiger partial charge is 0.0382 e. The second-order valence-corrected chi connectivity index (χ2v) is 3.27. The van der Waals surface area contributed by atoms with Crippen molar-refractivity contribution in [2.75, 3.05) is 20.1 Å². The van der Waals surface area contributed by atoms with Gasteiger partial charge in [-0.2, -0.15) is 0 Å². The van der Waals surface area contributed by atoms with E-state index in [1.807, 2.05) is 20.2 Å². The van der Waals surface area contributed by atoms with E-state index in [4.69, 9.17) is 0 Å². The van der Waals surface area contributed by atoms with Crippen LogP contribution >= 0.6 is 0 Å². The summed E-state index contributed by atoms with van der Waals surface area (Å²) in [6.45, 7) is 12.7. The van der Waals surface area contributed by atoms with Crippen LogP contribution in [-0.4, -0.2) is 26.4 Å². The molecule has 0 rings (SSSR count). The molecule has 0 bridgehead atoms. The maximum Gasteiger partial charge on any atom is 0.0382 e. The van der Waals surface area contributed by atoms with E-state index in [-0.39, 0.29) is 0 Å². The summed E-state index contributed by atoms with van der Waals surface area (Å²) in [5.74, 6) is 0. The molecular formula is C13H32N2. The Bertz CT molecular complexity index is 86.5. The number of hydrogen-bond donors (Lipinski definition) is 1. The van der Waals surface area contributed by atoms with Crippen molar-refractivity contribution < 1.29 is 0 Å². The molecule has 0 aliphatic heterocycles. The Labute approximate surface area is 97.6 Å². The van der Waals surface area contributed by atoms with Gasteiger partial charge in [0.05, 0.1) is 0 Å². The maximum atomic E-state index is 3.97. The highest BCUT2D eigenvalue weighted by atomic mass is 14.8. The molecule has 0 aromatic heterocycles. The molecule has 0 fully saturated rings. The van der Waals surface area contributed by atoms with Crippen molar-refractivity contribution in [1.82, 2.24) is 5.32 Å². The van der Waals surface area contributed by atoms with Crippen LogP contribution < -0.4 is 5.32 Å². The largest absolute Gasteiger partial charge is 0.320 e. The molecule has 0 aromatic rings. The average Bonchev–Trinajstić information content (AvgIpc) is 2.28. The van der Waals surface area contributed by atoms with Crippen LogP contribution in [0.1, 0.15) is 60.3 Å². The molecule has 94 valence electrons. The van der Waals surface area contributed by atoms with E-state index in [0.29, 0.717) is 0 Å². The Hall–Kier alpha value is -0.370. The van der Waals surface area contributed by atoms with Gasteiger partial charge < -0.3 is 5.32 Å². The standard InChI is InChI=1S/C5H11N.C4H11N.C4H10/c1-3-5-6-4-2;1-3-4-5-2;1-3-4-2/h4H,3,5H2,1-2H3;5H,3-4H2,1-2H3;3-4H2,1-2H3. The lowest BCUT2D eigenvalue weighted by Gasteiger charge is -1.84. The molecule has 0 aromatic carbocycles. The monoisotopic (exact) mass is 216 g/mol. The fraction of sp³-hybridized carbons (Fsp3) is 0.923. The zero-order valence-electron chi connectivity index (χ0n) is 11.8. The number of nitrogens with one attached hydrogen (secondary N) is 1. The number of nitrogens with zero attached hydrogens (tertiary/aromatic N) is 1. The third kappa shape index (κ3) is 58.2. The molecule has 0 heterocycles. The van der Waals surface area contributed by atoms with Gasteiger partial charge in [-0.1, -0.05) is 40.5 Å². The first-order valence-electron chi connectivity index (χ1n) is 6.33. The molecule has 0 spiro atoms. The first-order chi connectivity index (χ1) is 7.24. The van der Waals surface area contributed by atoms with E-state index >= 15 is 0 Å². The highest BCUT2D eigenvalue weighted by Gasteiger charge is 1.65. The van der Waals surface area contributed by atoms with Crippen LogP contribution in [-0.2, 0) is 0 Å². The molecule has 1 N–H and O–H groups in total. The lowest BCUT2D eigenvalue weighted by molar-refractivity contribution is 0.772. The first kappa shape index (κ1) is 20.1. The summed E-state index contributed by atoms with van der Waals surface area (Å²) in [5, 5.41) is 3.02. The maximum absolute atomic E-state index is 3.97. The Morgan fingerprint density at radius 2 is 1.47 bits per heavy atom. The highest BCUT2D eigenvalue weighted by Crippen LogP contribution is 1.76. The molecule has 0 atom stereocenters. The third-order valence-corrected chi connectivity index (χ3v) is 1.54. The second-order valence-electron chi connectivity index (χ2n) is 3.27. The normalized spacial score (nSPS) is 8.93. The van der Waals surface area contributed by atoms with Gasteiger partial charge in [0.15, 0.2) is 0 Å². The Morgan fingerprint density at radius 3 is 1.53 bits per heavy atom. The highest BCUT2D eigenvalue weighted by molar-refractivity contribution is 5.53. The fourth-order valence-electron chi connectivity index (χ4n) is 0.508. The van der Waals surface area contributed by atoms with Gasteiger partial charge in [-0.15, -0.1) is 0 Å². The Morgan fingerprint density at radius 1 is 0.933 bits per heavy atom. The van der Waals surface area contributed by atoms with Gasteiger partial charge in [-0.25, -0.2) is 0 Å². The minimum absolute atomic E-state index is 0.983. The van der Waals surface area contributed by atoms with Gasteiger partial charge in [0.2, 0.25) is 0 Å². The molecule has 0 unspecified atom stereocenters.